The van der Waals surface area contributed by atoms with Gasteiger partial charge < -0.3 is 19.7 Å². The third kappa shape index (κ3) is 4.17. The number of nitrogens with zero attached hydrogens (tertiary/aromatic N) is 2. The fourth-order valence-electron chi connectivity index (χ4n) is 5.50. The molecular formula is C31H28N2O6S. The number of anilines is 1. The number of aliphatic hydroxyl groups is 1. The number of fused-ring (bicyclic) bond motifs is 2. The number of aromatic nitrogens is 1. The number of carbonyl (C=O) groups is 2. The predicted molar refractivity (Wildman–Crippen MR) is 153 cm³/mol. The normalized spacial score (nSPS) is 19.8. The van der Waals surface area contributed by atoms with Crippen LogP contribution in [0, 0.1) is 13.8 Å². The molecule has 2 aliphatic rings. The number of benzene rings is 3. The Morgan fingerprint density at radius 3 is 2.73 bits per heavy atom. The lowest BCUT2D eigenvalue weighted by atomic mass is 9.94. The van der Waals surface area contributed by atoms with E-state index in [0.717, 1.165) is 32.7 Å². The van der Waals surface area contributed by atoms with Crippen LogP contribution in [0.4, 0.5) is 5.13 Å². The first-order valence-corrected chi connectivity index (χ1v) is 13.9. The molecule has 1 amide bonds. The largest absolute Gasteiger partial charge is 0.507 e. The van der Waals surface area contributed by atoms with Crippen LogP contribution in [0.1, 0.15) is 47.7 Å². The summed E-state index contributed by atoms with van der Waals surface area (Å²) in [5.41, 5.74) is 4.54. The standard InChI is InChI=1S/C31H28N2O6S/c1-5-38-23-14-18(6-8-21(23)34)27-25(28(35)19-7-9-22-20(13-19)12-17(4)39-22)29(36)30(37)33(27)31-32-26-16(3)10-15(2)11-24(26)40-31/h6-11,13-14,17,27,34-35H,5,12H2,1-4H3/t17-,27+/m1/s1. The maximum Gasteiger partial charge on any atom is 0.301 e. The molecule has 1 saturated heterocycles. The third-order valence-electron chi connectivity index (χ3n) is 7.24. The van der Waals surface area contributed by atoms with Crippen molar-refractivity contribution in [2.75, 3.05) is 11.5 Å². The Bertz CT molecular complexity index is 1740. The van der Waals surface area contributed by atoms with Crippen molar-refractivity contribution in [3.63, 3.8) is 0 Å². The highest BCUT2D eigenvalue weighted by molar-refractivity contribution is 7.22. The van der Waals surface area contributed by atoms with Gasteiger partial charge in [0.25, 0.3) is 5.78 Å². The molecule has 4 aromatic rings. The SMILES string of the molecule is CCOc1cc([C@H]2C(=C(O)c3ccc4c(c3)C[C@@H](C)O4)C(=O)C(=O)N2c2nc3c(C)cc(C)cc3s2)ccc1O. The van der Waals surface area contributed by atoms with Crippen molar-refractivity contribution in [1.29, 1.82) is 0 Å². The molecule has 6 rings (SSSR count). The average Bonchev–Trinajstić information content (AvgIpc) is 3.57. The summed E-state index contributed by atoms with van der Waals surface area (Å²) < 4.78 is 12.3. The molecule has 2 atom stereocenters. The molecule has 0 aliphatic carbocycles. The Morgan fingerprint density at radius 1 is 1.15 bits per heavy atom. The van der Waals surface area contributed by atoms with Gasteiger partial charge >= 0.3 is 5.91 Å². The van der Waals surface area contributed by atoms with E-state index in [0.29, 0.717) is 29.3 Å². The van der Waals surface area contributed by atoms with E-state index >= 15 is 0 Å². The molecule has 1 aromatic heterocycles. The molecule has 0 radical (unpaired) electrons. The maximum absolute atomic E-state index is 13.7. The van der Waals surface area contributed by atoms with Gasteiger partial charge in [-0.1, -0.05) is 23.5 Å². The quantitative estimate of drug-likeness (QED) is 0.177. The van der Waals surface area contributed by atoms with Crippen LogP contribution in [0.5, 0.6) is 17.2 Å². The molecule has 2 aliphatic heterocycles. The zero-order valence-corrected chi connectivity index (χ0v) is 23.3. The van der Waals surface area contributed by atoms with Crippen LogP contribution in [-0.4, -0.2) is 39.6 Å². The summed E-state index contributed by atoms with van der Waals surface area (Å²) in [5.74, 6) is -1.00. The predicted octanol–water partition coefficient (Wildman–Crippen LogP) is 5.97. The number of thiazole rings is 1. The Hall–Kier alpha value is -4.37. The number of ether oxygens (including phenoxy) is 2. The zero-order chi connectivity index (χ0) is 28.3. The van der Waals surface area contributed by atoms with Crippen molar-refractivity contribution in [2.24, 2.45) is 0 Å². The molecule has 2 N–H and O–H groups in total. The first-order chi connectivity index (χ1) is 19.2. The summed E-state index contributed by atoms with van der Waals surface area (Å²) in [6.07, 6.45) is 0.687. The monoisotopic (exact) mass is 556 g/mol. The summed E-state index contributed by atoms with van der Waals surface area (Å²) in [6, 6.07) is 12.9. The van der Waals surface area contributed by atoms with Gasteiger partial charge in [0.2, 0.25) is 0 Å². The van der Waals surface area contributed by atoms with Crippen LogP contribution < -0.4 is 14.4 Å². The molecule has 0 bridgehead atoms. The lowest BCUT2D eigenvalue weighted by Gasteiger charge is -2.23. The number of aromatic hydroxyl groups is 1. The van der Waals surface area contributed by atoms with E-state index in [9.17, 15) is 19.8 Å². The summed E-state index contributed by atoms with van der Waals surface area (Å²) in [6.45, 7) is 8.02. The number of rotatable bonds is 5. The van der Waals surface area contributed by atoms with E-state index in [2.05, 4.69) is 0 Å². The molecule has 1 fully saturated rings. The van der Waals surface area contributed by atoms with E-state index in [1.165, 1.54) is 22.3 Å². The van der Waals surface area contributed by atoms with Crippen LogP contribution in [0.25, 0.3) is 16.0 Å². The molecule has 204 valence electrons. The average molecular weight is 557 g/mol. The van der Waals surface area contributed by atoms with Crippen LogP contribution in [0.2, 0.25) is 0 Å². The van der Waals surface area contributed by atoms with Crippen molar-refractivity contribution in [2.45, 2.75) is 46.3 Å². The molecule has 3 heterocycles. The number of amides is 1. The lowest BCUT2D eigenvalue weighted by molar-refractivity contribution is -0.132. The Kier molecular flexibility index (Phi) is 6.26. The van der Waals surface area contributed by atoms with Crippen LogP contribution in [0.3, 0.4) is 0 Å². The number of hydrogen-bond donors (Lipinski definition) is 2. The number of aryl methyl sites for hydroxylation is 2. The Balaban J connectivity index is 1.56. The molecule has 0 spiro atoms. The molecule has 0 unspecified atom stereocenters. The third-order valence-corrected chi connectivity index (χ3v) is 8.24. The second-order valence-electron chi connectivity index (χ2n) is 10.2. The summed E-state index contributed by atoms with van der Waals surface area (Å²) in [5, 5.41) is 22.3. The van der Waals surface area contributed by atoms with E-state index in [1.54, 1.807) is 37.3 Å². The number of carbonyl (C=O) groups excluding carboxylic acids is 2. The number of ketones is 1. The van der Waals surface area contributed by atoms with Gasteiger partial charge in [-0.05, 0) is 86.3 Å². The van der Waals surface area contributed by atoms with Crippen molar-refractivity contribution < 1.29 is 29.3 Å². The highest BCUT2D eigenvalue weighted by atomic mass is 32.1. The van der Waals surface area contributed by atoms with E-state index in [-0.39, 0.29) is 28.9 Å². The molecule has 8 nitrogen and oxygen atoms in total. The van der Waals surface area contributed by atoms with Gasteiger partial charge in [-0.15, -0.1) is 0 Å². The van der Waals surface area contributed by atoms with Gasteiger partial charge in [0, 0.05) is 12.0 Å². The molecular weight excluding hydrogens is 528 g/mol. The van der Waals surface area contributed by atoms with Gasteiger partial charge in [0.15, 0.2) is 16.6 Å². The minimum Gasteiger partial charge on any atom is -0.507 e. The lowest BCUT2D eigenvalue weighted by Crippen LogP contribution is -2.29. The smallest absolute Gasteiger partial charge is 0.301 e. The van der Waals surface area contributed by atoms with Crippen LogP contribution in [-0.2, 0) is 16.0 Å². The van der Waals surface area contributed by atoms with Crippen molar-refractivity contribution in [3.8, 4) is 17.2 Å². The molecule has 40 heavy (non-hydrogen) atoms. The van der Waals surface area contributed by atoms with E-state index in [1.807, 2.05) is 32.9 Å². The van der Waals surface area contributed by atoms with Gasteiger partial charge in [0.05, 0.1) is 28.4 Å². The number of phenolic OH excluding ortho intramolecular Hbond substituents is 1. The molecule has 3 aromatic carbocycles. The zero-order valence-electron chi connectivity index (χ0n) is 22.5. The summed E-state index contributed by atoms with van der Waals surface area (Å²) in [7, 11) is 0. The Morgan fingerprint density at radius 2 is 1.95 bits per heavy atom. The van der Waals surface area contributed by atoms with Crippen LogP contribution in [0.15, 0.2) is 54.1 Å². The second kappa shape index (κ2) is 9.67. The van der Waals surface area contributed by atoms with Crippen molar-refractivity contribution in [1.82, 2.24) is 4.98 Å². The fourth-order valence-corrected chi connectivity index (χ4v) is 6.67. The van der Waals surface area contributed by atoms with Crippen LogP contribution >= 0.6 is 11.3 Å². The summed E-state index contributed by atoms with van der Waals surface area (Å²) in [4.78, 5) is 33.4. The van der Waals surface area contributed by atoms with E-state index in [4.69, 9.17) is 14.5 Å². The van der Waals surface area contributed by atoms with E-state index < -0.39 is 17.7 Å². The van der Waals surface area contributed by atoms with Crippen molar-refractivity contribution >= 4 is 44.1 Å². The summed E-state index contributed by atoms with van der Waals surface area (Å²) >= 11 is 1.31. The van der Waals surface area contributed by atoms with Gasteiger partial charge in [-0.25, -0.2) is 4.98 Å². The number of aliphatic hydroxyl groups excluding tert-OH is 1. The molecule has 0 saturated carbocycles. The first-order valence-electron chi connectivity index (χ1n) is 13.1. The highest BCUT2D eigenvalue weighted by Gasteiger charge is 2.48. The first kappa shape index (κ1) is 25.9. The number of Topliss-reactive ketones (excluding diaryl/α,β-unsaturated/α-hetero) is 1. The van der Waals surface area contributed by atoms with Crippen molar-refractivity contribution in [3.05, 3.63) is 81.9 Å². The minimum absolute atomic E-state index is 0.0121. The number of phenols is 1. The highest BCUT2D eigenvalue weighted by Crippen LogP contribution is 2.46. The molecule has 9 heteroatoms. The topological polar surface area (TPSA) is 109 Å². The second-order valence-corrected chi connectivity index (χ2v) is 11.2. The maximum atomic E-state index is 13.7. The van der Waals surface area contributed by atoms with Gasteiger partial charge in [-0.3, -0.25) is 14.5 Å². The van der Waals surface area contributed by atoms with Gasteiger partial charge in [-0.2, -0.15) is 0 Å². The number of hydrogen-bond acceptors (Lipinski definition) is 8. The minimum atomic E-state index is -0.995. The fraction of sp³-hybridized carbons (Fsp3) is 0.258. The van der Waals surface area contributed by atoms with Gasteiger partial charge in [0.1, 0.15) is 17.6 Å². The Labute approximate surface area is 235 Å².